The maximum atomic E-state index is 12.6. The summed E-state index contributed by atoms with van der Waals surface area (Å²) in [6, 6.07) is 50.5. The molecule has 6 aromatic rings. The van der Waals surface area contributed by atoms with Gasteiger partial charge in [0.2, 0.25) is 0 Å². The molecule has 4 nitrogen and oxygen atoms in total. The van der Waals surface area contributed by atoms with Crippen molar-refractivity contribution in [2.24, 2.45) is 0 Å². The molecule has 0 heterocycles. The maximum Gasteiger partial charge on any atom is 2.00 e. The largest absolute Gasteiger partial charge is 2.00 e. The van der Waals surface area contributed by atoms with E-state index in [1.807, 2.05) is 158 Å². The SMILES string of the molecule is C[Si](C)(C)[N-][Si](C)(C)C.C[Si](C)(C)[N-][Si](C)(C)C.ClCCl.[Mn+2].[Mn+2].[O-]c1c(-c2ccccc2)cccc1-c1ccccc1.[O-]c1c(-c2ccccc2)cccc1-c1ccccc1. The summed E-state index contributed by atoms with van der Waals surface area (Å²) in [6.45, 7) is 27.6. The molecular formula is C49H64Cl2Mn2N2O2Si4. The Kier molecular flexibility index (Phi) is 27.0. The number of para-hydroxylation sites is 2. The molecule has 0 fully saturated rings. The van der Waals surface area contributed by atoms with Crippen molar-refractivity contribution in [2.75, 3.05) is 5.34 Å². The van der Waals surface area contributed by atoms with Gasteiger partial charge in [-0.15, -0.1) is 23.2 Å². The summed E-state index contributed by atoms with van der Waals surface area (Å²) in [4.78, 5) is 0. The molecule has 0 aliphatic rings. The van der Waals surface area contributed by atoms with Crippen molar-refractivity contribution >= 4 is 56.1 Å². The Morgan fingerprint density at radius 3 is 0.623 bits per heavy atom. The number of nitrogens with zero attached hydrogens (tertiary/aromatic N) is 2. The van der Waals surface area contributed by atoms with Crippen LogP contribution in [-0.4, -0.2) is 38.3 Å². The van der Waals surface area contributed by atoms with Gasteiger partial charge in [-0.25, -0.2) is 0 Å². The van der Waals surface area contributed by atoms with Gasteiger partial charge in [-0.3, -0.25) is 0 Å². The van der Waals surface area contributed by atoms with Gasteiger partial charge in [-0.2, -0.15) is 0 Å². The Morgan fingerprint density at radius 2 is 0.492 bits per heavy atom. The van der Waals surface area contributed by atoms with Gasteiger partial charge in [0.15, 0.2) is 0 Å². The molecule has 6 rings (SSSR count). The average molecular weight is 1010 g/mol. The number of hydrogen-bond donors (Lipinski definition) is 0. The van der Waals surface area contributed by atoms with Crippen molar-refractivity contribution in [1.82, 2.24) is 0 Å². The van der Waals surface area contributed by atoms with E-state index in [4.69, 9.17) is 32.5 Å². The molecule has 326 valence electrons. The van der Waals surface area contributed by atoms with Crippen LogP contribution in [0.5, 0.6) is 11.5 Å². The first kappa shape index (κ1) is 58.3. The summed E-state index contributed by atoms with van der Waals surface area (Å²) in [5, 5.41) is 25.3. The molecule has 61 heavy (non-hydrogen) atoms. The summed E-state index contributed by atoms with van der Waals surface area (Å²) in [6.07, 6.45) is 0. The molecule has 6 aromatic carbocycles. The molecule has 0 saturated carbocycles. The number of halogens is 2. The average Bonchev–Trinajstić information content (AvgIpc) is 3.15. The fourth-order valence-corrected chi connectivity index (χ4v) is 22.6. The van der Waals surface area contributed by atoms with E-state index < -0.39 is 32.9 Å². The molecule has 2 radical (unpaired) electrons. The van der Waals surface area contributed by atoms with Crippen LogP contribution >= 0.6 is 23.2 Å². The number of rotatable bonds is 8. The van der Waals surface area contributed by atoms with Gasteiger partial charge < -0.3 is 19.5 Å². The predicted octanol–water partition coefficient (Wildman–Crippen LogP) is 15.7. The van der Waals surface area contributed by atoms with Crippen LogP contribution in [0.15, 0.2) is 158 Å². The smallest absolute Gasteiger partial charge is 0.872 e. The molecule has 0 aliphatic carbocycles. The summed E-state index contributed by atoms with van der Waals surface area (Å²) in [5.41, 5.74) is 6.86. The first-order valence-corrected chi connectivity index (χ1v) is 34.8. The molecule has 0 saturated heterocycles. The van der Waals surface area contributed by atoms with Gasteiger partial charge in [0, 0.05) is 0 Å². The van der Waals surface area contributed by atoms with Crippen LogP contribution in [-0.2, 0) is 34.1 Å². The first-order chi connectivity index (χ1) is 27.5. The van der Waals surface area contributed by atoms with Crippen molar-refractivity contribution in [3.63, 3.8) is 0 Å². The summed E-state index contributed by atoms with van der Waals surface area (Å²) in [7, 11) is -4.42. The fraction of sp³-hybridized carbons (Fsp3) is 0.265. The van der Waals surface area contributed by atoms with E-state index in [0.29, 0.717) is 0 Å². The van der Waals surface area contributed by atoms with Crippen molar-refractivity contribution in [1.29, 1.82) is 0 Å². The normalized spacial score (nSPS) is 10.9. The first-order valence-electron chi connectivity index (χ1n) is 20.0. The van der Waals surface area contributed by atoms with Gasteiger partial charge in [0.25, 0.3) is 0 Å². The monoisotopic (exact) mass is 1000 g/mol. The summed E-state index contributed by atoms with van der Waals surface area (Å²) < 4.78 is 9.64. The third-order valence-corrected chi connectivity index (χ3v) is 18.4. The van der Waals surface area contributed by atoms with Crippen LogP contribution in [0.2, 0.25) is 78.6 Å². The van der Waals surface area contributed by atoms with E-state index in [1.165, 1.54) is 0 Å². The molecule has 0 bridgehead atoms. The van der Waals surface area contributed by atoms with Gasteiger partial charge in [-0.05, 0) is 44.5 Å². The molecule has 0 atom stereocenters. The molecule has 0 spiro atoms. The second-order valence-electron chi connectivity index (χ2n) is 17.8. The summed E-state index contributed by atoms with van der Waals surface area (Å²) in [5.74, 6) is 0.166. The van der Waals surface area contributed by atoms with Gasteiger partial charge in [0.05, 0.1) is 5.34 Å². The third-order valence-electron chi connectivity index (χ3n) is 7.71. The number of alkyl halides is 2. The number of benzene rings is 6. The third kappa shape index (κ3) is 24.1. The van der Waals surface area contributed by atoms with E-state index in [2.05, 4.69) is 78.6 Å². The van der Waals surface area contributed by atoms with E-state index in [-0.39, 0.29) is 51.0 Å². The van der Waals surface area contributed by atoms with Gasteiger partial charge in [0.1, 0.15) is 0 Å². The van der Waals surface area contributed by atoms with Crippen molar-refractivity contribution in [3.05, 3.63) is 167 Å². The van der Waals surface area contributed by atoms with Crippen LogP contribution in [0.3, 0.4) is 0 Å². The summed E-state index contributed by atoms with van der Waals surface area (Å²) >= 11 is 9.53. The Morgan fingerprint density at radius 1 is 0.328 bits per heavy atom. The van der Waals surface area contributed by atoms with Gasteiger partial charge in [-0.1, -0.05) is 281 Å². The minimum atomic E-state index is -1.11. The second-order valence-corrected chi connectivity index (χ2v) is 37.8. The quantitative estimate of drug-likeness (QED) is 0.113. The maximum absolute atomic E-state index is 12.6. The van der Waals surface area contributed by atoms with E-state index in [9.17, 15) is 10.2 Å². The van der Waals surface area contributed by atoms with E-state index in [0.717, 1.165) is 44.5 Å². The Labute approximate surface area is 404 Å². The van der Waals surface area contributed by atoms with Crippen molar-refractivity contribution < 1.29 is 44.4 Å². The predicted molar refractivity (Wildman–Crippen MR) is 270 cm³/mol. The van der Waals surface area contributed by atoms with Crippen molar-refractivity contribution in [3.8, 4) is 56.0 Å². The van der Waals surface area contributed by atoms with Crippen LogP contribution in [0.4, 0.5) is 0 Å². The Balaban J connectivity index is 0.000000805. The molecule has 0 unspecified atom stereocenters. The Hall–Kier alpha value is -2.67. The molecule has 0 amide bonds. The topological polar surface area (TPSA) is 74.3 Å². The molecular weight excluding hydrogens is 942 g/mol. The minimum Gasteiger partial charge on any atom is -0.872 e. The molecule has 0 N–H and O–H groups in total. The zero-order valence-electron chi connectivity index (χ0n) is 37.9. The minimum absolute atomic E-state index is 0. The van der Waals surface area contributed by atoms with Crippen LogP contribution in [0.1, 0.15) is 0 Å². The van der Waals surface area contributed by atoms with Crippen molar-refractivity contribution in [2.45, 2.75) is 78.6 Å². The second kappa shape index (κ2) is 28.2. The van der Waals surface area contributed by atoms with Gasteiger partial charge >= 0.3 is 34.1 Å². The standard InChI is InChI=1S/2C18H14O.2C6H18NSi2.CH2Cl2.2Mn/c2*19-18-16(14-8-3-1-4-9-14)12-7-13-17(18)15-10-5-2-6-11-15;2*1-8(2,3)7-9(4,5)6;2-1-3;;/h2*1-13,19H;2*1-6H3;1H2;;/q;;2*-1;;2*+2/p-2. The van der Waals surface area contributed by atoms with Crippen LogP contribution in [0.25, 0.3) is 53.8 Å². The number of hydrogen-bond acceptors (Lipinski definition) is 2. The Bertz CT molecular complexity index is 1790. The van der Waals surface area contributed by atoms with E-state index in [1.54, 1.807) is 0 Å². The molecule has 0 aromatic heterocycles. The molecule has 0 aliphatic heterocycles. The zero-order valence-corrected chi connectivity index (χ0v) is 45.8. The fourth-order valence-electron chi connectivity index (χ4n) is 6.47. The molecule has 12 heteroatoms. The van der Waals surface area contributed by atoms with Crippen LogP contribution < -0.4 is 10.2 Å². The zero-order chi connectivity index (χ0) is 44.3. The van der Waals surface area contributed by atoms with Crippen LogP contribution in [0, 0.1) is 0 Å². The van der Waals surface area contributed by atoms with E-state index >= 15 is 0 Å².